The third-order valence-corrected chi connectivity index (χ3v) is 3.89. The summed E-state index contributed by atoms with van der Waals surface area (Å²) in [6.07, 6.45) is 0. The van der Waals surface area contributed by atoms with Crippen LogP contribution in [0.3, 0.4) is 0 Å². The molecule has 0 radical (unpaired) electrons. The molecular formula is C17H16ClFN2. The molecule has 21 heavy (non-hydrogen) atoms. The Hall–Kier alpha value is -1.87. The van der Waals surface area contributed by atoms with Gasteiger partial charge in [0.05, 0.1) is 22.5 Å². The molecule has 2 atom stereocenters. The van der Waals surface area contributed by atoms with Gasteiger partial charge in [0, 0.05) is 0 Å². The zero-order chi connectivity index (χ0) is 15.0. The van der Waals surface area contributed by atoms with E-state index in [1.54, 1.807) is 12.1 Å². The number of fused-ring (bicyclic) bond motifs is 1. The number of alkyl halides is 1. The number of hydrogen-bond acceptors (Lipinski definition) is 1. The molecule has 0 saturated heterocycles. The number of hydrogen-bond donors (Lipinski definition) is 0. The van der Waals surface area contributed by atoms with E-state index in [1.807, 2.05) is 44.2 Å². The fraction of sp³-hybridized carbons (Fsp3) is 0.235. The van der Waals surface area contributed by atoms with Gasteiger partial charge in [-0.3, -0.25) is 0 Å². The number of para-hydroxylation sites is 2. The first-order valence-corrected chi connectivity index (χ1v) is 7.38. The second-order valence-electron chi connectivity index (χ2n) is 5.18. The van der Waals surface area contributed by atoms with Crippen molar-refractivity contribution in [3.05, 3.63) is 65.7 Å². The zero-order valence-corrected chi connectivity index (χ0v) is 12.7. The number of benzene rings is 2. The van der Waals surface area contributed by atoms with E-state index in [9.17, 15) is 4.39 Å². The van der Waals surface area contributed by atoms with Gasteiger partial charge in [-0.05, 0) is 43.7 Å². The van der Waals surface area contributed by atoms with Crippen molar-refractivity contribution in [3.63, 3.8) is 0 Å². The van der Waals surface area contributed by atoms with Crippen molar-refractivity contribution in [2.75, 3.05) is 0 Å². The SMILES string of the molecule is CC(Cl)c1nc2ccccc2n1C(C)c1cccc(F)c1. The third kappa shape index (κ3) is 2.54. The predicted molar refractivity (Wildman–Crippen MR) is 84.2 cm³/mol. The first-order valence-electron chi connectivity index (χ1n) is 6.94. The van der Waals surface area contributed by atoms with Crippen LogP contribution in [-0.4, -0.2) is 9.55 Å². The third-order valence-electron chi connectivity index (χ3n) is 3.70. The predicted octanol–water partition coefficient (Wildman–Crippen LogP) is 5.08. The largest absolute Gasteiger partial charge is 0.319 e. The van der Waals surface area contributed by atoms with Gasteiger partial charge in [-0.15, -0.1) is 11.6 Å². The minimum absolute atomic E-state index is 0.0377. The molecule has 4 heteroatoms. The molecule has 0 saturated carbocycles. The van der Waals surface area contributed by atoms with Gasteiger partial charge >= 0.3 is 0 Å². The summed E-state index contributed by atoms with van der Waals surface area (Å²) in [6.45, 7) is 3.93. The number of halogens is 2. The van der Waals surface area contributed by atoms with Gasteiger partial charge in [0.2, 0.25) is 0 Å². The first-order chi connectivity index (χ1) is 10.1. The molecule has 2 aromatic carbocycles. The van der Waals surface area contributed by atoms with Crippen LogP contribution < -0.4 is 0 Å². The summed E-state index contributed by atoms with van der Waals surface area (Å²) < 4.78 is 15.6. The highest BCUT2D eigenvalue weighted by atomic mass is 35.5. The van der Waals surface area contributed by atoms with Crippen LogP contribution in [0.25, 0.3) is 11.0 Å². The highest BCUT2D eigenvalue weighted by molar-refractivity contribution is 6.20. The van der Waals surface area contributed by atoms with Crippen LogP contribution in [0.15, 0.2) is 48.5 Å². The Bertz CT molecular complexity index is 779. The molecule has 108 valence electrons. The summed E-state index contributed by atoms with van der Waals surface area (Å²) in [6, 6.07) is 14.5. The maximum atomic E-state index is 13.5. The van der Waals surface area contributed by atoms with E-state index < -0.39 is 0 Å². The lowest BCUT2D eigenvalue weighted by molar-refractivity contribution is 0.596. The Labute approximate surface area is 128 Å². The smallest absolute Gasteiger partial charge is 0.128 e. The van der Waals surface area contributed by atoms with Crippen LogP contribution in [0.5, 0.6) is 0 Å². The lowest BCUT2D eigenvalue weighted by Gasteiger charge is -2.19. The maximum Gasteiger partial charge on any atom is 0.128 e. The van der Waals surface area contributed by atoms with Gasteiger partial charge in [0.15, 0.2) is 0 Å². The lowest BCUT2D eigenvalue weighted by atomic mass is 10.1. The number of nitrogens with zero attached hydrogens (tertiary/aromatic N) is 2. The number of aromatic nitrogens is 2. The molecule has 1 aromatic heterocycles. The van der Waals surface area contributed by atoms with E-state index in [4.69, 9.17) is 11.6 Å². The molecule has 0 aliphatic heterocycles. The van der Waals surface area contributed by atoms with E-state index in [1.165, 1.54) is 6.07 Å². The molecule has 0 amide bonds. The standard InChI is InChI=1S/C17H16ClFN2/c1-11(18)17-20-15-8-3-4-9-16(15)21(17)12(2)13-6-5-7-14(19)10-13/h3-12H,1-2H3. The molecule has 3 rings (SSSR count). The summed E-state index contributed by atoms with van der Waals surface area (Å²) in [7, 11) is 0. The fourth-order valence-electron chi connectivity index (χ4n) is 2.67. The van der Waals surface area contributed by atoms with Gasteiger partial charge in [-0.25, -0.2) is 9.37 Å². The van der Waals surface area contributed by atoms with Gasteiger partial charge in [-0.2, -0.15) is 0 Å². The molecule has 0 N–H and O–H groups in total. The molecule has 2 unspecified atom stereocenters. The molecule has 3 aromatic rings. The Balaban J connectivity index is 2.20. The molecule has 1 heterocycles. The van der Waals surface area contributed by atoms with Crippen molar-refractivity contribution < 1.29 is 4.39 Å². The fourth-order valence-corrected chi connectivity index (χ4v) is 2.82. The van der Waals surface area contributed by atoms with Crippen molar-refractivity contribution in [3.8, 4) is 0 Å². The number of rotatable bonds is 3. The first kappa shape index (κ1) is 14.1. The molecule has 2 nitrogen and oxygen atoms in total. The Morgan fingerprint density at radius 2 is 1.86 bits per heavy atom. The van der Waals surface area contributed by atoms with Crippen molar-refractivity contribution in [2.24, 2.45) is 0 Å². The second kappa shape index (κ2) is 5.49. The zero-order valence-electron chi connectivity index (χ0n) is 11.9. The van der Waals surface area contributed by atoms with Crippen LogP contribution in [0.1, 0.15) is 36.7 Å². The average molecular weight is 303 g/mol. The van der Waals surface area contributed by atoms with Gasteiger partial charge < -0.3 is 4.57 Å². The van der Waals surface area contributed by atoms with Crippen LogP contribution in [0, 0.1) is 5.82 Å². The van der Waals surface area contributed by atoms with Gasteiger partial charge in [0.25, 0.3) is 0 Å². The summed E-state index contributed by atoms with van der Waals surface area (Å²) in [5, 5.41) is -0.214. The average Bonchev–Trinajstić information content (AvgIpc) is 2.86. The molecule has 0 aliphatic carbocycles. The van der Waals surface area contributed by atoms with Gasteiger partial charge in [0.1, 0.15) is 11.6 Å². The normalized spacial score (nSPS) is 14.3. The Kier molecular flexibility index (Phi) is 3.68. The maximum absolute atomic E-state index is 13.5. The molecule has 0 fully saturated rings. The molecule has 0 spiro atoms. The van der Waals surface area contributed by atoms with Crippen molar-refractivity contribution in [1.29, 1.82) is 0 Å². The highest BCUT2D eigenvalue weighted by Gasteiger charge is 2.20. The summed E-state index contributed by atoms with van der Waals surface area (Å²) in [4.78, 5) is 4.62. The lowest BCUT2D eigenvalue weighted by Crippen LogP contribution is -2.11. The molecular weight excluding hydrogens is 287 g/mol. The summed E-state index contributed by atoms with van der Waals surface area (Å²) >= 11 is 6.29. The van der Waals surface area contributed by atoms with Crippen LogP contribution >= 0.6 is 11.6 Å². The van der Waals surface area contributed by atoms with E-state index >= 15 is 0 Å². The minimum atomic E-state index is -0.232. The molecule has 0 aliphatic rings. The Morgan fingerprint density at radius 1 is 1.10 bits per heavy atom. The van der Waals surface area contributed by atoms with E-state index in [2.05, 4.69) is 9.55 Å². The van der Waals surface area contributed by atoms with Crippen LogP contribution in [0.4, 0.5) is 4.39 Å². The number of imidazole rings is 1. The van der Waals surface area contributed by atoms with E-state index in [-0.39, 0.29) is 17.2 Å². The van der Waals surface area contributed by atoms with Crippen LogP contribution in [-0.2, 0) is 0 Å². The Morgan fingerprint density at radius 3 is 2.57 bits per heavy atom. The topological polar surface area (TPSA) is 17.8 Å². The van der Waals surface area contributed by atoms with E-state index in [0.29, 0.717) is 0 Å². The molecule has 0 bridgehead atoms. The summed E-state index contributed by atoms with van der Waals surface area (Å²) in [5.74, 6) is 0.568. The van der Waals surface area contributed by atoms with Crippen molar-refractivity contribution >= 4 is 22.6 Å². The second-order valence-corrected chi connectivity index (χ2v) is 5.83. The van der Waals surface area contributed by atoms with E-state index in [0.717, 1.165) is 22.4 Å². The van der Waals surface area contributed by atoms with Gasteiger partial charge in [-0.1, -0.05) is 24.3 Å². The monoisotopic (exact) mass is 302 g/mol. The van der Waals surface area contributed by atoms with Crippen LogP contribution in [0.2, 0.25) is 0 Å². The highest BCUT2D eigenvalue weighted by Crippen LogP contribution is 2.31. The summed E-state index contributed by atoms with van der Waals surface area (Å²) in [5.41, 5.74) is 2.82. The quantitative estimate of drug-likeness (QED) is 0.617. The van der Waals surface area contributed by atoms with Crippen molar-refractivity contribution in [2.45, 2.75) is 25.3 Å². The van der Waals surface area contributed by atoms with Crippen molar-refractivity contribution in [1.82, 2.24) is 9.55 Å². The minimum Gasteiger partial charge on any atom is -0.319 e.